The first-order chi connectivity index (χ1) is 9.40. The van der Waals surface area contributed by atoms with Crippen LogP contribution in [-0.4, -0.2) is 54.7 Å². The lowest BCUT2D eigenvalue weighted by Gasteiger charge is -2.13. The largest absolute Gasteiger partial charge is 0.497 e. The van der Waals surface area contributed by atoms with Crippen LogP contribution in [0.25, 0.3) is 0 Å². The van der Waals surface area contributed by atoms with Crippen LogP contribution in [0.5, 0.6) is 11.5 Å². The van der Waals surface area contributed by atoms with Crippen LogP contribution in [0, 0.1) is 0 Å². The van der Waals surface area contributed by atoms with Crippen molar-refractivity contribution in [3.63, 3.8) is 0 Å². The van der Waals surface area contributed by atoms with E-state index in [1.807, 2.05) is 19.0 Å². The molecule has 0 aliphatic carbocycles. The molecular weight excluding hydrogens is 316 g/mol. The molecular formula is C13H23ClN2O4S. The summed E-state index contributed by atoms with van der Waals surface area (Å²) in [6.45, 7) is 1.21. The van der Waals surface area contributed by atoms with E-state index >= 15 is 0 Å². The van der Waals surface area contributed by atoms with Gasteiger partial charge in [-0.3, -0.25) is 0 Å². The highest BCUT2D eigenvalue weighted by Crippen LogP contribution is 2.28. The van der Waals surface area contributed by atoms with Crippen LogP contribution >= 0.6 is 12.4 Å². The van der Waals surface area contributed by atoms with Crippen molar-refractivity contribution in [1.82, 2.24) is 9.62 Å². The van der Waals surface area contributed by atoms with Gasteiger partial charge in [-0.15, -0.1) is 12.4 Å². The van der Waals surface area contributed by atoms with Crippen LogP contribution in [0.4, 0.5) is 0 Å². The van der Waals surface area contributed by atoms with E-state index in [0.29, 0.717) is 12.3 Å². The van der Waals surface area contributed by atoms with E-state index in [2.05, 4.69) is 4.72 Å². The topological polar surface area (TPSA) is 67.9 Å². The van der Waals surface area contributed by atoms with Crippen molar-refractivity contribution in [2.75, 3.05) is 41.4 Å². The minimum Gasteiger partial charge on any atom is -0.497 e. The van der Waals surface area contributed by atoms with Crippen LogP contribution in [0.15, 0.2) is 23.1 Å². The number of methoxy groups -OCH3 is 2. The van der Waals surface area contributed by atoms with Crippen LogP contribution in [0.3, 0.4) is 0 Å². The third-order valence-electron chi connectivity index (χ3n) is 2.73. The predicted molar refractivity (Wildman–Crippen MR) is 85.2 cm³/mol. The summed E-state index contributed by atoms with van der Waals surface area (Å²) < 4.78 is 37.1. The number of nitrogens with zero attached hydrogens (tertiary/aromatic N) is 1. The van der Waals surface area contributed by atoms with Crippen molar-refractivity contribution in [3.05, 3.63) is 18.2 Å². The molecule has 0 aliphatic rings. The summed E-state index contributed by atoms with van der Waals surface area (Å²) >= 11 is 0. The summed E-state index contributed by atoms with van der Waals surface area (Å²) in [6, 6.07) is 4.62. The standard InChI is InChI=1S/C13H22N2O4S.ClH/c1-15(2)9-5-8-14-20(16,17)13-7-6-11(18-3)10-12(13)19-4;/h6-7,10,14H,5,8-9H2,1-4H3;1H. The zero-order valence-corrected chi connectivity index (χ0v) is 14.4. The Morgan fingerprint density at radius 2 is 1.86 bits per heavy atom. The van der Waals surface area contributed by atoms with E-state index in [9.17, 15) is 8.42 Å². The van der Waals surface area contributed by atoms with Crippen LogP contribution in [0.2, 0.25) is 0 Å². The van der Waals surface area contributed by atoms with Gasteiger partial charge in [0.25, 0.3) is 0 Å². The second kappa shape index (κ2) is 9.09. The monoisotopic (exact) mass is 338 g/mol. The van der Waals surface area contributed by atoms with Gasteiger partial charge in [-0.25, -0.2) is 13.1 Å². The summed E-state index contributed by atoms with van der Waals surface area (Å²) in [6.07, 6.45) is 0.741. The maximum Gasteiger partial charge on any atom is 0.244 e. The van der Waals surface area contributed by atoms with Gasteiger partial charge in [0.15, 0.2) is 0 Å². The summed E-state index contributed by atoms with van der Waals surface area (Å²) in [5.74, 6) is 0.817. The number of hydrogen-bond acceptors (Lipinski definition) is 5. The van der Waals surface area contributed by atoms with E-state index < -0.39 is 10.0 Å². The van der Waals surface area contributed by atoms with Crippen LogP contribution in [0.1, 0.15) is 6.42 Å². The number of halogens is 1. The molecule has 0 amide bonds. The Hall–Kier alpha value is -1.02. The van der Waals surface area contributed by atoms with Crippen molar-refractivity contribution >= 4 is 22.4 Å². The molecule has 0 aliphatic heterocycles. The molecule has 21 heavy (non-hydrogen) atoms. The molecule has 1 aromatic rings. The summed E-state index contributed by atoms with van der Waals surface area (Å²) in [5, 5.41) is 0. The van der Waals surface area contributed by atoms with Crippen LogP contribution in [-0.2, 0) is 10.0 Å². The fourth-order valence-electron chi connectivity index (χ4n) is 1.68. The molecule has 0 saturated carbocycles. The predicted octanol–water partition coefficient (Wildman–Crippen LogP) is 1.36. The van der Waals surface area contributed by atoms with Gasteiger partial charge in [-0.2, -0.15) is 0 Å². The molecule has 1 N–H and O–H groups in total. The molecule has 0 atom stereocenters. The van der Waals surface area contributed by atoms with E-state index in [0.717, 1.165) is 13.0 Å². The Morgan fingerprint density at radius 3 is 2.38 bits per heavy atom. The average Bonchev–Trinajstić information content (AvgIpc) is 2.42. The van der Waals surface area contributed by atoms with Gasteiger partial charge in [-0.05, 0) is 39.2 Å². The first-order valence-electron chi connectivity index (χ1n) is 6.27. The highest BCUT2D eigenvalue weighted by Gasteiger charge is 2.19. The summed E-state index contributed by atoms with van der Waals surface area (Å²) in [4.78, 5) is 2.12. The number of ether oxygens (including phenoxy) is 2. The van der Waals surface area contributed by atoms with Crippen molar-refractivity contribution in [2.45, 2.75) is 11.3 Å². The van der Waals surface area contributed by atoms with E-state index in [-0.39, 0.29) is 23.1 Å². The van der Waals surface area contributed by atoms with Crippen molar-refractivity contribution in [3.8, 4) is 11.5 Å². The Kier molecular flexibility index (Phi) is 8.65. The van der Waals surface area contributed by atoms with E-state index in [1.165, 1.54) is 20.3 Å². The molecule has 8 heteroatoms. The van der Waals surface area contributed by atoms with Gasteiger partial charge < -0.3 is 14.4 Å². The van der Waals surface area contributed by atoms with E-state index in [4.69, 9.17) is 9.47 Å². The molecule has 0 fully saturated rings. The lowest BCUT2D eigenvalue weighted by molar-refractivity contribution is 0.385. The zero-order valence-electron chi connectivity index (χ0n) is 12.8. The van der Waals surface area contributed by atoms with E-state index in [1.54, 1.807) is 12.1 Å². The third kappa shape index (κ3) is 6.09. The normalized spacial score (nSPS) is 11.1. The molecule has 122 valence electrons. The number of rotatable bonds is 8. The van der Waals surface area contributed by atoms with Gasteiger partial charge in [0.1, 0.15) is 16.4 Å². The van der Waals surface area contributed by atoms with Gasteiger partial charge >= 0.3 is 0 Å². The number of benzene rings is 1. The number of hydrogen-bond donors (Lipinski definition) is 1. The first kappa shape index (κ1) is 20.0. The maximum atomic E-state index is 12.2. The van der Waals surface area contributed by atoms with Gasteiger partial charge in [0.2, 0.25) is 10.0 Å². The lowest BCUT2D eigenvalue weighted by Crippen LogP contribution is -2.27. The molecule has 0 saturated heterocycles. The second-order valence-electron chi connectivity index (χ2n) is 4.57. The Labute approximate surface area is 132 Å². The molecule has 0 radical (unpaired) electrons. The molecule has 1 rings (SSSR count). The molecule has 0 unspecified atom stereocenters. The SMILES string of the molecule is COc1ccc(S(=O)(=O)NCCCN(C)C)c(OC)c1.Cl. The number of sulfonamides is 1. The minimum absolute atomic E-state index is 0. The van der Waals surface area contributed by atoms with Crippen molar-refractivity contribution in [1.29, 1.82) is 0 Å². The van der Waals surface area contributed by atoms with Gasteiger partial charge in [0.05, 0.1) is 14.2 Å². The Balaban J connectivity index is 0.00000400. The van der Waals surface area contributed by atoms with Crippen molar-refractivity contribution < 1.29 is 17.9 Å². The highest BCUT2D eigenvalue weighted by atomic mass is 35.5. The molecule has 0 spiro atoms. The quantitative estimate of drug-likeness (QED) is 0.725. The summed E-state index contributed by atoms with van der Waals surface area (Å²) in [5.41, 5.74) is 0. The summed E-state index contributed by atoms with van der Waals surface area (Å²) in [7, 11) is 3.26. The zero-order chi connectivity index (χ0) is 15.2. The minimum atomic E-state index is -3.58. The van der Waals surface area contributed by atoms with Gasteiger partial charge in [-0.1, -0.05) is 0 Å². The molecule has 6 nitrogen and oxygen atoms in total. The highest BCUT2D eigenvalue weighted by molar-refractivity contribution is 7.89. The Morgan fingerprint density at radius 1 is 1.19 bits per heavy atom. The average molecular weight is 339 g/mol. The smallest absolute Gasteiger partial charge is 0.244 e. The molecule has 0 aromatic heterocycles. The second-order valence-corrected chi connectivity index (χ2v) is 6.31. The van der Waals surface area contributed by atoms with Crippen LogP contribution < -0.4 is 14.2 Å². The first-order valence-corrected chi connectivity index (χ1v) is 7.75. The lowest BCUT2D eigenvalue weighted by atomic mass is 10.3. The fraction of sp³-hybridized carbons (Fsp3) is 0.538. The molecule has 0 heterocycles. The molecule has 0 bridgehead atoms. The van der Waals surface area contributed by atoms with Crippen molar-refractivity contribution in [2.24, 2.45) is 0 Å². The third-order valence-corrected chi connectivity index (χ3v) is 4.23. The Bertz CT molecular complexity index is 535. The number of nitrogens with one attached hydrogen (secondary N) is 1. The molecule has 1 aromatic carbocycles. The van der Waals surface area contributed by atoms with Gasteiger partial charge in [0, 0.05) is 12.6 Å². The maximum absolute atomic E-state index is 12.2. The fourth-order valence-corrected chi connectivity index (χ4v) is 2.90.